The molecule has 0 N–H and O–H groups in total. The summed E-state index contributed by atoms with van der Waals surface area (Å²) in [5.41, 5.74) is 0. The molecule has 1 unspecified atom stereocenters. The van der Waals surface area contributed by atoms with Crippen molar-refractivity contribution in [2.45, 2.75) is 6.42 Å². The standard InChI is InChI=1S/C17H12P.C5H5.2ClH.Hf/c1-2-7-15-12-16(11-14(15)6-1)18-10-9-13-5-3-4-8-17(13)18;1-2-4-5-3-1;;;/h1-12H;1-3H,4H2;2*1H;/q2*-1;;;+4/p-2. The third-order valence-corrected chi connectivity index (χ3v) is 6.25. The Morgan fingerprint density at radius 3 is 2.27 bits per heavy atom. The van der Waals surface area contributed by atoms with Gasteiger partial charge in [-0.05, 0) is 17.3 Å². The quantitative estimate of drug-likeness (QED) is 0.240. The molecule has 0 aliphatic heterocycles. The molecule has 0 spiro atoms. The van der Waals surface area contributed by atoms with E-state index in [1.54, 1.807) is 0 Å². The van der Waals surface area contributed by atoms with Crippen LogP contribution in [0, 0.1) is 6.08 Å². The maximum Gasteiger partial charge on any atom is 4.00 e. The number of hydrogen-bond donors (Lipinski definition) is 0. The molecule has 1 aromatic heterocycles. The van der Waals surface area contributed by atoms with Crippen molar-refractivity contribution >= 4 is 28.8 Å². The fourth-order valence-corrected chi connectivity index (χ4v) is 5.07. The first kappa shape index (κ1) is 23.1. The molecular formula is C22H17Cl2HfP. The van der Waals surface area contributed by atoms with E-state index in [0.717, 1.165) is 6.42 Å². The Morgan fingerprint density at radius 1 is 0.885 bits per heavy atom. The molecule has 0 amide bonds. The number of fused-ring (bicyclic) bond motifs is 2. The van der Waals surface area contributed by atoms with Crippen LogP contribution in [0.1, 0.15) is 6.42 Å². The van der Waals surface area contributed by atoms with Gasteiger partial charge in [-0.15, -0.1) is 49.0 Å². The van der Waals surface area contributed by atoms with E-state index in [1.807, 2.05) is 12.2 Å². The van der Waals surface area contributed by atoms with Crippen LogP contribution in [0.5, 0.6) is 0 Å². The zero-order valence-electron chi connectivity index (χ0n) is 14.1. The summed E-state index contributed by atoms with van der Waals surface area (Å²) in [5.74, 6) is 2.37. The molecule has 1 heterocycles. The van der Waals surface area contributed by atoms with Gasteiger partial charge in [0.15, 0.2) is 0 Å². The Hall–Kier alpha value is -0.980. The van der Waals surface area contributed by atoms with Gasteiger partial charge in [-0.1, -0.05) is 35.6 Å². The first-order valence-electron chi connectivity index (χ1n) is 7.85. The minimum Gasteiger partial charge on any atom is -1.00 e. The zero-order valence-corrected chi connectivity index (χ0v) is 20.1. The average molecular weight is 562 g/mol. The fourth-order valence-electron chi connectivity index (χ4n) is 2.92. The van der Waals surface area contributed by atoms with E-state index in [4.69, 9.17) is 0 Å². The Morgan fingerprint density at radius 2 is 1.62 bits per heavy atom. The van der Waals surface area contributed by atoms with Crippen molar-refractivity contribution in [3.8, 4) is 5.30 Å². The molecule has 1 aliphatic rings. The van der Waals surface area contributed by atoms with E-state index in [9.17, 15) is 0 Å². The number of hydrogen-bond acceptors (Lipinski definition) is 0. The number of allylic oxidation sites excluding steroid dienone is 4. The van der Waals surface area contributed by atoms with Crippen LogP contribution in [0.4, 0.5) is 0 Å². The van der Waals surface area contributed by atoms with E-state index >= 15 is 0 Å². The van der Waals surface area contributed by atoms with Gasteiger partial charge in [0, 0.05) is 5.12 Å². The molecule has 0 bridgehead atoms. The molecule has 1 aliphatic carbocycles. The second-order valence-corrected chi connectivity index (χ2v) is 7.63. The Kier molecular flexibility index (Phi) is 9.75. The Balaban J connectivity index is 0.000000372. The average Bonchev–Trinajstić information content (AvgIpc) is 3.34. The Bertz CT molecular complexity index is 968. The van der Waals surface area contributed by atoms with Crippen molar-refractivity contribution in [1.82, 2.24) is 0 Å². The minimum atomic E-state index is -0.283. The van der Waals surface area contributed by atoms with Crippen LogP contribution < -0.4 is 24.8 Å². The van der Waals surface area contributed by atoms with Crippen LogP contribution in [-0.4, -0.2) is 0 Å². The first-order valence-corrected chi connectivity index (χ1v) is 9.26. The zero-order chi connectivity index (χ0) is 15.5. The van der Waals surface area contributed by atoms with Crippen LogP contribution in [0.3, 0.4) is 0 Å². The Labute approximate surface area is 187 Å². The third-order valence-electron chi connectivity index (χ3n) is 4.07. The summed E-state index contributed by atoms with van der Waals surface area (Å²) in [6, 6.07) is 24.3. The molecular weight excluding hydrogens is 545 g/mol. The molecule has 128 valence electrons. The molecule has 1 atom stereocenters. The van der Waals surface area contributed by atoms with E-state index in [1.165, 1.54) is 26.6 Å². The number of halogens is 2. The first-order chi connectivity index (χ1) is 11.4. The molecule has 0 nitrogen and oxygen atoms in total. The van der Waals surface area contributed by atoms with Gasteiger partial charge < -0.3 is 24.8 Å². The molecule has 26 heavy (non-hydrogen) atoms. The van der Waals surface area contributed by atoms with Crippen molar-refractivity contribution in [2.24, 2.45) is 0 Å². The molecule has 0 fully saturated rings. The molecule has 0 saturated heterocycles. The summed E-state index contributed by atoms with van der Waals surface area (Å²) in [7, 11) is -0.283. The van der Waals surface area contributed by atoms with E-state index < -0.39 is 0 Å². The summed E-state index contributed by atoms with van der Waals surface area (Å²) in [6.07, 6.45) is 10.0. The molecule has 4 heteroatoms. The van der Waals surface area contributed by atoms with Crippen LogP contribution in [-0.2, 0) is 25.8 Å². The van der Waals surface area contributed by atoms with Crippen molar-refractivity contribution in [1.29, 1.82) is 0 Å². The van der Waals surface area contributed by atoms with Crippen molar-refractivity contribution in [2.75, 3.05) is 0 Å². The van der Waals surface area contributed by atoms with Crippen molar-refractivity contribution in [3.63, 3.8) is 0 Å². The predicted molar refractivity (Wildman–Crippen MR) is 103 cm³/mol. The molecule has 0 saturated carbocycles. The SMILES string of the molecule is [C-]1=CC=CC1.[Cl-].[Cl-].[Hf+4].c1ccc2[cH-]c(-p3ccc4ccccc43)cc2c1. The summed E-state index contributed by atoms with van der Waals surface area (Å²) in [5, 5.41) is 7.05. The molecule has 5 rings (SSSR count). The van der Waals surface area contributed by atoms with Crippen molar-refractivity contribution in [3.05, 3.63) is 96.8 Å². The maximum atomic E-state index is 2.99. The van der Waals surface area contributed by atoms with E-state index in [0.29, 0.717) is 0 Å². The maximum absolute atomic E-state index is 2.99. The van der Waals surface area contributed by atoms with Gasteiger partial charge >= 0.3 is 25.8 Å². The van der Waals surface area contributed by atoms with Gasteiger partial charge in [0.2, 0.25) is 0 Å². The van der Waals surface area contributed by atoms with Crippen molar-refractivity contribution < 1.29 is 50.7 Å². The third kappa shape index (κ3) is 5.05. The molecule has 3 aromatic carbocycles. The van der Waals surface area contributed by atoms with Crippen LogP contribution in [0.15, 0.2) is 90.8 Å². The minimum absolute atomic E-state index is 0. The topological polar surface area (TPSA) is 0 Å². The van der Waals surface area contributed by atoms with Gasteiger partial charge in [0.1, 0.15) is 0 Å². The monoisotopic (exact) mass is 562 g/mol. The van der Waals surface area contributed by atoms with Crippen LogP contribution in [0.2, 0.25) is 0 Å². The van der Waals surface area contributed by atoms with Gasteiger partial charge in [0.05, 0.1) is 0 Å². The molecule has 0 radical (unpaired) electrons. The summed E-state index contributed by atoms with van der Waals surface area (Å²) < 4.78 is 0. The largest absolute Gasteiger partial charge is 4.00 e. The van der Waals surface area contributed by atoms with Gasteiger partial charge in [-0.3, -0.25) is 6.08 Å². The fraction of sp³-hybridized carbons (Fsp3) is 0.0455. The van der Waals surface area contributed by atoms with Gasteiger partial charge in [0.25, 0.3) is 0 Å². The van der Waals surface area contributed by atoms with Gasteiger partial charge in [-0.2, -0.15) is 12.1 Å². The van der Waals surface area contributed by atoms with Crippen LogP contribution >= 0.6 is 7.53 Å². The number of benzene rings is 2. The smallest absolute Gasteiger partial charge is 1.00 e. The van der Waals surface area contributed by atoms with Crippen LogP contribution in [0.25, 0.3) is 26.6 Å². The molecule has 4 aromatic rings. The summed E-state index contributed by atoms with van der Waals surface area (Å²) >= 11 is 0. The van der Waals surface area contributed by atoms with E-state index in [-0.39, 0.29) is 58.2 Å². The second kappa shape index (κ2) is 11.0. The van der Waals surface area contributed by atoms with E-state index in [2.05, 4.69) is 84.7 Å². The predicted octanol–water partition coefficient (Wildman–Crippen LogP) is 0.999. The second-order valence-electron chi connectivity index (χ2n) is 5.59. The number of rotatable bonds is 1. The summed E-state index contributed by atoms with van der Waals surface area (Å²) in [6.45, 7) is 0. The summed E-state index contributed by atoms with van der Waals surface area (Å²) in [4.78, 5) is 0. The normalized spacial score (nSPS) is 11.9. The van der Waals surface area contributed by atoms with Gasteiger partial charge in [-0.25, -0.2) is 12.2 Å².